The molecule has 0 atom stereocenters. The summed E-state index contributed by atoms with van der Waals surface area (Å²) >= 11 is 0. The molecule has 0 unspecified atom stereocenters. The first-order chi connectivity index (χ1) is 8.43. The van der Waals surface area contributed by atoms with Crippen molar-refractivity contribution in [3.05, 3.63) is 46.0 Å². The van der Waals surface area contributed by atoms with E-state index in [-0.39, 0.29) is 12.2 Å². The number of hydrogen-bond acceptors (Lipinski definition) is 3. The fourth-order valence-electron chi connectivity index (χ4n) is 1.70. The molecule has 4 nitrogen and oxygen atoms in total. The molecule has 0 radical (unpaired) electrons. The summed E-state index contributed by atoms with van der Waals surface area (Å²) in [5.74, 6) is 0. The Balaban J connectivity index is 2.76. The van der Waals surface area contributed by atoms with Gasteiger partial charge in [0.05, 0.1) is 0 Å². The van der Waals surface area contributed by atoms with E-state index in [1.165, 1.54) is 12.1 Å². The van der Waals surface area contributed by atoms with Gasteiger partial charge in [-0.05, 0) is 18.7 Å². The monoisotopic (exact) mass is 257 g/mol. The Morgan fingerprint density at radius 2 is 2.06 bits per heavy atom. The highest BCUT2D eigenvalue weighted by Crippen LogP contribution is 2.28. The number of nitrogens with zero attached hydrogens (tertiary/aromatic N) is 2. The van der Waals surface area contributed by atoms with Gasteiger partial charge in [0.1, 0.15) is 11.3 Å². The van der Waals surface area contributed by atoms with Crippen molar-refractivity contribution in [3.63, 3.8) is 0 Å². The summed E-state index contributed by atoms with van der Waals surface area (Å²) in [6, 6.07) is 4.50. The Bertz CT molecular complexity index is 633. The first kappa shape index (κ1) is 12.6. The number of rotatable bonds is 2. The molecule has 0 aliphatic heterocycles. The second-order valence-electron chi connectivity index (χ2n) is 3.73. The van der Waals surface area contributed by atoms with E-state index in [0.717, 1.165) is 12.1 Å². The highest BCUT2D eigenvalue weighted by atomic mass is 19.4. The van der Waals surface area contributed by atoms with Crippen LogP contribution < -0.4 is 11.3 Å². The Labute approximate surface area is 99.9 Å². The molecule has 2 rings (SSSR count). The number of fused-ring (bicyclic) bond motifs is 1. The summed E-state index contributed by atoms with van der Waals surface area (Å²) in [4.78, 5) is 15.7. The lowest BCUT2D eigenvalue weighted by molar-refractivity contribution is -0.142. The molecule has 0 bridgehead atoms. The van der Waals surface area contributed by atoms with Crippen LogP contribution in [0.1, 0.15) is 11.4 Å². The average molecular weight is 257 g/mol. The lowest BCUT2D eigenvalue weighted by Crippen LogP contribution is -2.24. The van der Waals surface area contributed by atoms with E-state index in [9.17, 15) is 18.0 Å². The predicted molar refractivity (Wildman–Crippen MR) is 59.2 cm³/mol. The van der Waals surface area contributed by atoms with Crippen LogP contribution in [0.2, 0.25) is 0 Å². The first-order valence-corrected chi connectivity index (χ1v) is 5.22. The zero-order valence-electron chi connectivity index (χ0n) is 9.24. The minimum Gasteiger partial charge on any atom is -0.330 e. The molecule has 7 heteroatoms. The van der Waals surface area contributed by atoms with Crippen LogP contribution in [0.15, 0.2) is 29.1 Å². The van der Waals surface area contributed by atoms with Gasteiger partial charge in [-0.25, -0.2) is 4.98 Å². The van der Waals surface area contributed by atoms with Crippen molar-refractivity contribution in [1.82, 2.24) is 9.38 Å². The van der Waals surface area contributed by atoms with Crippen LogP contribution in [0.3, 0.4) is 0 Å². The first-order valence-electron chi connectivity index (χ1n) is 5.22. The second-order valence-corrected chi connectivity index (χ2v) is 3.73. The van der Waals surface area contributed by atoms with E-state index in [2.05, 4.69) is 4.98 Å². The minimum atomic E-state index is -4.60. The fraction of sp³-hybridized carbons (Fsp3) is 0.273. The molecule has 0 fully saturated rings. The molecule has 18 heavy (non-hydrogen) atoms. The molecule has 0 spiro atoms. The SMILES string of the molecule is NCCc1cc(=O)n2c(C(F)(F)F)cccc2n1. The minimum absolute atomic E-state index is 0.0271. The van der Waals surface area contributed by atoms with Gasteiger partial charge in [-0.3, -0.25) is 9.20 Å². The zero-order valence-corrected chi connectivity index (χ0v) is 9.24. The topological polar surface area (TPSA) is 60.4 Å². The Morgan fingerprint density at radius 1 is 1.33 bits per heavy atom. The number of hydrogen-bond donors (Lipinski definition) is 1. The van der Waals surface area contributed by atoms with Crippen molar-refractivity contribution in [2.45, 2.75) is 12.6 Å². The van der Waals surface area contributed by atoms with Gasteiger partial charge in [0.2, 0.25) is 0 Å². The maximum atomic E-state index is 12.7. The zero-order chi connectivity index (χ0) is 13.3. The third-order valence-electron chi connectivity index (χ3n) is 2.43. The van der Waals surface area contributed by atoms with E-state index in [1.807, 2.05) is 0 Å². The molecule has 2 aromatic rings. The number of aromatic nitrogens is 2. The largest absolute Gasteiger partial charge is 0.431 e. The van der Waals surface area contributed by atoms with Gasteiger partial charge in [0.15, 0.2) is 0 Å². The lowest BCUT2D eigenvalue weighted by atomic mass is 10.2. The van der Waals surface area contributed by atoms with E-state index in [1.54, 1.807) is 0 Å². The van der Waals surface area contributed by atoms with Crippen LogP contribution in [0.4, 0.5) is 13.2 Å². The van der Waals surface area contributed by atoms with Gasteiger partial charge in [-0.2, -0.15) is 13.2 Å². The van der Waals surface area contributed by atoms with Gasteiger partial charge in [-0.1, -0.05) is 6.07 Å². The third-order valence-corrected chi connectivity index (χ3v) is 2.43. The Morgan fingerprint density at radius 3 is 2.67 bits per heavy atom. The molecule has 2 N–H and O–H groups in total. The van der Waals surface area contributed by atoms with Crippen molar-refractivity contribution < 1.29 is 13.2 Å². The van der Waals surface area contributed by atoms with E-state index < -0.39 is 17.4 Å². The van der Waals surface area contributed by atoms with Crippen LogP contribution >= 0.6 is 0 Å². The summed E-state index contributed by atoms with van der Waals surface area (Å²) < 4.78 is 38.8. The van der Waals surface area contributed by atoms with Crippen LogP contribution in [-0.4, -0.2) is 15.9 Å². The van der Waals surface area contributed by atoms with Gasteiger partial charge in [0, 0.05) is 18.2 Å². The summed E-state index contributed by atoms with van der Waals surface area (Å²) in [5, 5.41) is 0. The number of pyridine rings is 1. The maximum Gasteiger partial charge on any atom is 0.431 e. The van der Waals surface area contributed by atoms with E-state index in [0.29, 0.717) is 16.5 Å². The second kappa shape index (κ2) is 4.41. The summed E-state index contributed by atoms with van der Waals surface area (Å²) in [7, 11) is 0. The van der Waals surface area contributed by atoms with Crippen molar-refractivity contribution in [2.75, 3.05) is 6.54 Å². The van der Waals surface area contributed by atoms with E-state index >= 15 is 0 Å². The van der Waals surface area contributed by atoms with Crippen molar-refractivity contribution in [1.29, 1.82) is 0 Å². The fourth-order valence-corrected chi connectivity index (χ4v) is 1.70. The Hall–Kier alpha value is -1.89. The van der Waals surface area contributed by atoms with Gasteiger partial charge in [0.25, 0.3) is 5.56 Å². The molecule has 0 aliphatic carbocycles. The lowest BCUT2D eigenvalue weighted by Gasteiger charge is -2.11. The molecule has 0 amide bonds. The van der Waals surface area contributed by atoms with Crippen LogP contribution in [0, 0.1) is 0 Å². The summed E-state index contributed by atoms with van der Waals surface area (Å²) in [6.07, 6.45) is -4.25. The van der Waals surface area contributed by atoms with Crippen molar-refractivity contribution >= 4 is 5.65 Å². The molecule has 2 aromatic heterocycles. The van der Waals surface area contributed by atoms with Crippen LogP contribution in [0.5, 0.6) is 0 Å². The maximum absolute atomic E-state index is 12.7. The Kier molecular flexibility index (Phi) is 3.08. The molecule has 0 aliphatic rings. The smallest absolute Gasteiger partial charge is 0.330 e. The highest BCUT2D eigenvalue weighted by Gasteiger charge is 2.33. The van der Waals surface area contributed by atoms with Crippen LogP contribution in [0.25, 0.3) is 5.65 Å². The normalized spacial score (nSPS) is 12.0. The molecular formula is C11H10F3N3O. The van der Waals surface area contributed by atoms with Gasteiger partial charge in [-0.15, -0.1) is 0 Å². The summed E-state index contributed by atoms with van der Waals surface area (Å²) in [6.45, 7) is 0.279. The quantitative estimate of drug-likeness (QED) is 0.879. The highest BCUT2D eigenvalue weighted by molar-refractivity contribution is 5.41. The molecule has 2 heterocycles. The number of alkyl halides is 3. The number of nitrogens with two attached hydrogens (primary N) is 1. The van der Waals surface area contributed by atoms with Gasteiger partial charge >= 0.3 is 6.18 Å². The molecule has 0 saturated heterocycles. The van der Waals surface area contributed by atoms with Crippen molar-refractivity contribution in [2.24, 2.45) is 5.73 Å². The summed E-state index contributed by atoms with van der Waals surface area (Å²) in [5.41, 5.74) is 3.90. The number of halogens is 3. The van der Waals surface area contributed by atoms with Gasteiger partial charge < -0.3 is 5.73 Å². The standard InChI is InChI=1S/C11H10F3N3O/c12-11(13,14)8-2-1-3-9-16-7(4-5-15)6-10(18)17(8)9/h1-3,6H,4-5,15H2. The molecule has 0 saturated carbocycles. The molecular weight excluding hydrogens is 247 g/mol. The molecule has 0 aromatic carbocycles. The third kappa shape index (κ3) is 2.21. The average Bonchev–Trinajstić information content (AvgIpc) is 2.27. The van der Waals surface area contributed by atoms with E-state index in [4.69, 9.17) is 5.73 Å². The van der Waals surface area contributed by atoms with Crippen molar-refractivity contribution in [3.8, 4) is 0 Å². The predicted octanol–water partition coefficient (Wildman–Crippen LogP) is 1.21. The molecule has 96 valence electrons. The van der Waals surface area contributed by atoms with Crippen LogP contribution in [-0.2, 0) is 12.6 Å².